The highest BCUT2D eigenvalue weighted by Crippen LogP contribution is 2.33. The van der Waals surface area contributed by atoms with Crippen LogP contribution in [0.3, 0.4) is 0 Å². The minimum atomic E-state index is -0.0928. The SMILES string of the molecule is CNC(=O)c1ccc(-c2nc3cc(C)ccn3c2CC2CC(C)N(C(C)=O)C2)c(C)c1. The van der Waals surface area contributed by atoms with Crippen LogP contribution in [-0.4, -0.2) is 45.7 Å². The second kappa shape index (κ2) is 8.17. The molecule has 31 heavy (non-hydrogen) atoms. The van der Waals surface area contributed by atoms with E-state index in [-0.39, 0.29) is 17.9 Å². The number of imidazole rings is 1. The van der Waals surface area contributed by atoms with Gasteiger partial charge in [-0.25, -0.2) is 4.98 Å². The molecule has 0 spiro atoms. The molecule has 0 aliphatic carbocycles. The molecule has 2 aromatic heterocycles. The summed E-state index contributed by atoms with van der Waals surface area (Å²) >= 11 is 0. The molecular formula is C25H30N4O2. The molecule has 3 aromatic rings. The van der Waals surface area contributed by atoms with E-state index in [9.17, 15) is 9.59 Å². The van der Waals surface area contributed by atoms with Crippen molar-refractivity contribution in [2.24, 2.45) is 5.92 Å². The maximum Gasteiger partial charge on any atom is 0.251 e. The predicted molar refractivity (Wildman–Crippen MR) is 122 cm³/mol. The predicted octanol–water partition coefficient (Wildman–Crippen LogP) is 3.78. The molecule has 0 radical (unpaired) electrons. The zero-order valence-corrected chi connectivity index (χ0v) is 18.9. The highest BCUT2D eigenvalue weighted by atomic mass is 16.2. The molecule has 0 saturated carbocycles. The number of rotatable bonds is 4. The van der Waals surface area contributed by atoms with Crippen LogP contribution in [-0.2, 0) is 11.2 Å². The fraction of sp³-hybridized carbons (Fsp3) is 0.400. The number of pyridine rings is 1. The summed E-state index contributed by atoms with van der Waals surface area (Å²) in [6.07, 6.45) is 3.93. The van der Waals surface area contributed by atoms with Crippen LogP contribution in [0.1, 0.15) is 47.4 Å². The van der Waals surface area contributed by atoms with Gasteiger partial charge in [0.1, 0.15) is 5.65 Å². The Morgan fingerprint density at radius 1 is 1.19 bits per heavy atom. The molecule has 2 amide bonds. The van der Waals surface area contributed by atoms with Crippen LogP contribution < -0.4 is 5.32 Å². The molecule has 1 fully saturated rings. The Morgan fingerprint density at radius 3 is 2.61 bits per heavy atom. The fourth-order valence-corrected chi connectivity index (χ4v) is 4.83. The van der Waals surface area contributed by atoms with E-state index in [1.807, 2.05) is 30.0 Å². The first kappa shape index (κ1) is 21.1. The van der Waals surface area contributed by atoms with Crippen LogP contribution in [0, 0.1) is 19.8 Å². The van der Waals surface area contributed by atoms with Crippen LogP contribution in [0.2, 0.25) is 0 Å². The molecule has 2 atom stereocenters. The van der Waals surface area contributed by atoms with Gasteiger partial charge < -0.3 is 14.6 Å². The monoisotopic (exact) mass is 418 g/mol. The Balaban J connectivity index is 1.77. The number of nitrogens with zero attached hydrogens (tertiary/aromatic N) is 3. The third kappa shape index (κ3) is 3.94. The van der Waals surface area contributed by atoms with Gasteiger partial charge in [0.05, 0.1) is 11.4 Å². The van der Waals surface area contributed by atoms with Crippen molar-refractivity contribution in [3.05, 3.63) is 58.9 Å². The molecule has 1 N–H and O–H groups in total. The van der Waals surface area contributed by atoms with E-state index >= 15 is 0 Å². The number of hydrogen-bond donors (Lipinski definition) is 1. The summed E-state index contributed by atoms with van der Waals surface area (Å²) in [6.45, 7) is 8.65. The quantitative estimate of drug-likeness (QED) is 0.701. The zero-order valence-electron chi connectivity index (χ0n) is 18.9. The molecule has 3 heterocycles. The maximum absolute atomic E-state index is 12.0. The number of hydrogen-bond acceptors (Lipinski definition) is 3. The lowest BCUT2D eigenvalue weighted by Crippen LogP contribution is -2.31. The first-order valence-corrected chi connectivity index (χ1v) is 10.9. The Labute approximate surface area is 183 Å². The van der Waals surface area contributed by atoms with E-state index in [1.54, 1.807) is 14.0 Å². The first-order chi connectivity index (χ1) is 14.8. The number of carbonyl (C=O) groups is 2. The van der Waals surface area contributed by atoms with E-state index in [0.29, 0.717) is 11.5 Å². The van der Waals surface area contributed by atoms with Crippen LogP contribution in [0.15, 0.2) is 36.5 Å². The van der Waals surface area contributed by atoms with E-state index in [1.165, 1.54) is 5.56 Å². The van der Waals surface area contributed by atoms with E-state index < -0.39 is 0 Å². The van der Waals surface area contributed by atoms with Crippen molar-refractivity contribution in [2.45, 2.75) is 46.6 Å². The summed E-state index contributed by atoms with van der Waals surface area (Å²) in [5.74, 6) is 0.443. The number of likely N-dealkylation sites (tertiary alicyclic amines) is 1. The third-order valence-corrected chi connectivity index (χ3v) is 6.40. The van der Waals surface area contributed by atoms with Crippen molar-refractivity contribution in [2.75, 3.05) is 13.6 Å². The minimum absolute atomic E-state index is 0.0928. The topological polar surface area (TPSA) is 66.7 Å². The highest BCUT2D eigenvalue weighted by molar-refractivity contribution is 5.95. The number of nitrogens with one attached hydrogen (secondary N) is 1. The Morgan fingerprint density at radius 2 is 1.97 bits per heavy atom. The Hall–Kier alpha value is -3.15. The van der Waals surface area contributed by atoms with Crippen LogP contribution in [0.5, 0.6) is 0 Å². The van der Waals surface area contributed by atoms with Gasteiger partial charge in [0.2, 0.25) is 5.91 Å². The van der Waals surface area contributed by atoms with Gasteiger partial charge in [-0.1, -0.05) is 6.07 Å². The van der Waals surface area contributed by atoms with E-state index in [0.717, 1.165) is 47.5 Å². The maximum atomic E-state index is 12.0. The van der Waals surface area contributed by atoms with Gasteiger partial charge in [-0.05, 0) is 74.9 Å². The standard InChI is InChI=1S/C25H30N4O2/c1-15-8-9-28-22(13-19-12-17(3)29(14-19)18(4)30)24(27-23(28)10-15)21-7-6-20(11-16(21)2)25(31)26-5/h6-11,17,19H,12-14H2,1-5H3,(H,26,31). The number of aromatic nitrogens is 2. The number of fused-ring (bicyclic) bond motifs is 1. The fourth-order valence-electron chi connectivity index (χ4n) is 4.83. The molecular weight excluding hydrogens is 388 g/mol. The Kier molecular flexibility index (Phi) is 5.56. The molecule has 2 unspecified atom stereocenters. The van der Waals surface area contributed by atoms with Crippen LogP contribution in [0.4, 0.5) is 0 Å². The van der Waals surface area contributed by atoms with E-state index in [2.05, 4.69) is 41.9 Å². The summed E-state index contributed by atoms with van der Waals surface area (Å²) in [6, 6.07) is 10.2. The minimum Gasteiger partial charge on any atom is -0.355 e. The lowest BCUT2D eigenvalue weighted by atomic mass is 9.95. The lowest BCUT2D eigenvalue weighted by molar-refractivity contribution is -0.129. The second-order valence-electron chi connectivity index (χ2n) is 8.77. The number of aryl methyl sites for hydroxylation is 2. The Bertz CT molecular complexity index is 1160. The van der Waals surface area contributed by atoms with Crippen molar-refractivity contribution in [1.82, 2.24) is 19.6 Å². The third-order valence-electron chi connectivity index (χ3n) is 6.40. The number of carbonyl (C=O) groups excluding carboxylic acids is 2. The van der Waals surface area contributed by atoms with Crippen molar-refractivity contribution < 1.29 is 9.59 Å². The summed E-state index contributed by atoms with van der Waals surface area (Å²) in [4.78, 5) is 31.0. The van der Waals surface area contributed by atoms with Gasteiger partial charge in [0.15, 0.2) is 0 Å². The van der Waals surface area contributed by atoms with Crippen molar-refractivity contribution in [1.29, 1.82) is 0 Å². The van der Waals surface area contributed by atoms with Gasteiger partial charge in [0, 0.05) is 43.9 Å². The molecule has 1 aliphatic heterocycles. The largest absolute Gasteiger partial charge is 0.355 e. The molecule has 6 nitrogen and oxygen atoms in total. The van der Waals surface area contributed by atoms with Gasteiger partial charge in [-0.2, -0.15) is 0 Å². The first-order valence-electron chi connectivity index (χ1n) is 10.9. The van der Waals surface area contributed by atoms with Gasteiger partial charge in [0.25, 0.3) is 5.91 Å². The smallest absolute Gasteiger partial charge is 0.251 e. The molecule has 1 aliphatic rings. The van der Waals surface area contributed by atoms with Crippen molar-refractivity contribution in [3.63, 3.8) is 0 Å². The summed E-state index contributed by atoms with van der Waals surface area (Å²) in [7, 11) is 1.64. The van der Waals surface area contributed by atoms with Crippen molar-refractivity contribution >= 4 is 17.5 Å². The second-order valence-corrected chi connectivity index (χ2v) is 8.77. The molecule has 0 bridgehead atoms. The summed E-state index contributed by atoms with van der Waals surface area (Å²) in [5, 5.41) is 2.68. The molecule has 1 aromatic carbocycles. The van der Waals surface area contributed by atoms with Crippen LogP contribution >= 0.6 is 0 Å². The average molecular weight is 419 g/mol. The molecule has 162 valence electrons. The van der Waals surface area contributed by atoms with E-state index in [4.69, 9.17) is 4.98 Å². The lowest BCUT2D eigenvalue weighted by Gasteiger charge is -2.19. The molecule has 6 heteroatoms. The van der Waals surface area contributed by atoms with Crippen molar-refractivity contribution in [3.8, 4) is 11.3 Å². The number of amides is 2. The summed E-state index contributed by atoms with van der Waals surface area (Å²) < 4.78 is 2.18. The normalized spacial score (nSPS) is 18.5. The van der Waals surface area contributed by atoms with Gasteiger partial charge in [-0.15, -0.1) is 0 Å². The summed E-state index contributed by atoms with van der Waals surface area (Å²) in [5.41, 5.74) is 6.92. The zero-order chi connectivity index (χ0) is 22.3. The van der Waals surface area contributed by atoms with Crippen LogP contribution in [0.25, 0.3) is 16.9 Å². The number of benzene rings is 1. The molecule has 4 rings (SSSR count). The highest BCUT2D eigenvalue weighted by Gasteiger charge is 2.32. The van der Waals surface area contributed by atoms with Gasteiger partial charge in [-0.3, -0.25) is 9.59 Å². The van der Waals surface area contributed by atoms with Gasteiger partial charge >= 0.3 is 0 Å². The average Bonchev–Trinajstić information content (AvgIpc) is 3.27. The molecule has 1 saturated heterocycles.